The van der Waals surface area contributed by atoms with Crippen molar-refractivity contribution in [3.63, 3.8) is 0 Å². The van der Waals surface area contributed by atoms with Crippen molar-refractivity contribution in [2.75, 3.05) is 18.9 Å². The first-order chi connectivity index (χ1) is 11.1. The van der Waals surface area contributed by atoms with Crippen LogP contribution < -0.4 is 10.6 Å². The summed E-state index contributed by atoms with van der Waals surface area (Å²) in [4.78, 5) is 38.2. The Morgan fingerprint density at radius 2 is 2.09 bits per heavy atom. The lowest BCUT2D eigenvalue weighted by Gasteiger charge is -2.05. The van der Waals surface area contributed by atoms with Crippen LogP contribution in [0.5, 0.6) is 0 Å². The molecule has 1 aromatic heterocycles. The number of aromatic nitrogens is 1. The summed E-state index contributed by atoms with van der Waals surface area (Å²) in [5.74, 6) is -1.36. The first-order valence-corrected chi connectivity index (χ1v) is 7.78. The highest BCUT2D eigenvalue weighted by Crippen LogP contribution is 2.22. The maximum atomic E-state index is 11.6. The number of imide groups is 1. The Morgan fingerprint density at radius 3 is 2.83 bits per heavy atom. The lowest BCUT2D eigenvalue weighted by atomic mass is 10.3. The molecule has 0 fully saturated rings. The number of para-hydroxylation sites is 2. The number of benzene rings is 1. The van der Waals surface area contributed by atoms with E-state index in [4.69, 9.17) is 9.15 Å². The van der Waals surface area contributed by atoms with Gasteiger partial charge in [0.05, 0.1) is 0 Å². The number of ether oxygens (including phenoxy) is 1. The van der Waals surface area contributed by atoms with Gasteiger partial charge in [0.2, 0.25) is 0 Å². The van der Waals surface area contributed by atoms with Crippen LogP contribution in [0.1, 0.15) is 6.92 Å². The van der Waals surface area contributed by atoms with Gasteiger partial charge in [0.1, 0.15) is 11.3 Å². The van der Waals surface area contributed by atoms with E-state index in [0.717, 1.165) is 11.8 Å². The van der Waals surface area contributed by atoms with E-state index < -0.39 is 24.5 Å². The third kappa shape index (κ3) is 5.29. The molecule has 0 bridgehead atoms. The normalized spacial score (nSPS) is 10.3. The Kier molecular flexibility index (Phi) is 5.98. The molecule has 0 atom stereocenters. The number of carbonyl (C=O) groups is 3. The van der Waals surface area contributed by atoms with Crippen molar-refractivity contribution in [3.8, 4) is 0 Å². The van der Waals surface area contributed by atoms with Crippen molar-refractivity contribution in [1.29, 1.82) is 0 Å². The monoisotopic (exact) mass is 337 g/mol. The quantitative estimate of drug-likeness (QED) is 0.604. The number of thioether (sulfide) groups is 1. The van der Waals surface area contributed by atoms with Crippen molar-refractivity contribution < 1.29 is 23.5 Å². The molecule has 2 rings (SSSR count). The van der Waals surface area contributed by atoms with Gasteiger partial charge in [-0.2, -0.15) is 0 Å². The van der Waals surface area contributed by atoms with Crippen LogP contribution in [0, 0.1) is 0 Å². The predicted octanol–water partition coefficient (Wildman–Crippen LogP) is 1.31. The molecule has 0 saturated heterocycles. The second-order valence-corrected chi connectivity index (χ2v) is 5.23. The zero-order chi connectivity index (χ0) is 16.7. The van der Waals surface area contributed by atoms with Crippen LogP contribution >= 0.6 is 11.8 Å². The molecule has 0 radical (unpaired) electrons. The van der Waals surface area contributed by atoms with Crippen LogP contribution in [0.25, 0.3) is 11.1 Å². The fraction of sp³-hybridized carbons (Fsp3) is 0.286. The Morgan fingerprint density at radius 1 is 1.30 bits per heavy atom. The molecule has 1 heterocycles. The number of hydrogen-bond donors (Lipinski definition) is 2. The van der Waals surface area contributed by atoms with Gasteiger partial charge in [-0.25, -0.2) is 9.78 Å². The number of hydrogen-bond acceptors (Lipinski definition) is 7. The minimum Gasteiger partial charge on any atom is -0.455 e. The van der Waals surface area contributed by atoms with E-state index in [9.17, 15) is 14.4 Å². The summed E-state index contributed by atoms with van der Waals surface area (Å²) in [5.41, 5.74) is 1.33. The Balaban J connectivity index is 1.72. The highest BCUT2D eigenvalue weighted by atomic mass is 32.2. The summed E-state index contributed by atoms with van der Waals surface area (Å²) in [6, 6.07) is 6.60. The zero-order valence-corrected chi connectivity index (χ0v) is 13.1. The van der Waals surface area contributed by atoms with Gasteiger partial charge in [0.25, 0.3) is 11.1 Å². The van der Waals surface area contributed by atoms with E-state index in [2.05, 4.69) is 10.3 Å². The minimum absolute atomic E-state index is 0.0543. The molecule has 9 heteroatoms. The highest BCUT2D eigenvalue weighted by molar-refractivity contribution is 7.99. The second-order valence-electron chi connectivity index (χ2n) is 4.30. The number of nitrogens with zero attached hydrogens (tertiary/aromatic N) is 1. The molecule has 0 aliphatic rings. The topological polar surface area (TPSA) is 111 Å². The molecule has 0 aliphatic heterocycles. The van der Waals surface area contributed by atoms with Crippen LogP contribution in [-0.4, -0.2) is 41.8 Å². The van der Waals surface area contributed by atoms with Crippen molar-refractivity contribution >= 4 is 40.8 Å². The molecule has 0 saturated carbocycles. The van der Waals surface area contributed by atoms with E-state index in [-0.39, 0.29) is 5.75 Å². The molecule has 2 aromatic rings. The molecule has 8 nitrogen and oxygen atoms in total. The van der Waals surface area contributed by atoms with Crippen molar-refractivity contribution in [3.05, 3.63) is 24.3 Å². The summed E-state index contributed by atoms with van der Waals surface area (Å²) in [6.07, 6.45) is 0. The van der Waals surface area contributed by atoms with Crippen LogP contribution in [0.4, 0.5) is 4.79 Å². The molecule has 122 valence electrons. The molecule has 0 aliphatic carbocycles. The average molecular weight is 337 g/mol. The Labute approximate surface area is 136 Å². The largest absolute Gasteiger partial charge is 0.455 e. The second kappa shape index (κ2) is 8.18. The Hall–Kier alpha value is -2.55. The van der Waals surface area contributed by atoms with E-state index in [1.165, 1.54) is 0 Å². The van der Waals surface area contributed by atoms with Crippen LogP contribution in [0.2, 0.25) is 0 Å². The van der Waals surface area contributed by atoms with Gasteiger partial charge in [0, 0.05) is 6.54 Å². The summed E-state index contributed by atoms with van der Waals surface area (Å²) in [5, 5.41) is 4.75. The van der Waals surface area contributed by atoms with Gasteiger partial charge in [-0.3, -0.25) is 14.9 Å². The third-order valence-electron chi connectivity index (χ3n) is 2.54. The minimum atomic E-state index is -0.698. The molecular weight excluding hydrogens is 322 g/mol. The van der Waals surface area contributed by atoms with Crippen molar-refractivity contribution in [2.24, 2.45) is 0 Å². The first-order valence-electron chi connectivity index (χ1n) is 6.80. The Bertz CT molecular complexity index is 682. The van der Waals surface area contributed by atoms with Gasteiger partial charge in [-0.1, -0.05) is 23.9 Å². The summed E-state index contributed by atoms with van der Waals surface area (Å²) in [6.45, 7) is 1.58. The summed E-state index contributed by atoms with van der Waals surface area (Å²) in [7, 11) is 0. The van der Waals surface area contributed by atoms with E-state index in [1.54, 1.807) is 19.1 Å². The fourth-order valence-corrected chi connectivity index (χ4v) is 2.22. The number of amides is 3. The van der Waals surface area contributed by atoms with Crippen LogP contribution in [-0.2, 0) is 14.3 Å². The number of rotatable bonds is 6. The maximum Gasteiger partial charge on any atom is 0.321 e. The van der Waals surface area contributed by atoms with Crippen LogP contribution in [0.15, 0.2) is 33.9 Å². The van der Waals surface area contributed by atoms with E-state index in [0.29, 0.717) is 22.9 Å². The van der Waals surface area contributed by atoms with E-state index in [1.807, 2.05) is 17.4 Å². The number of nitrogens with one attached hydrogen (secondary N) is 2. The maximum absolute atomic E-state index is 11.6. The number of urea groups is 1. The summed E-state index contributed by atoms with van der Waals surface area (Å²) < 4.78 is 10.2. The molecule has 0 spiro atoms. The number of carbonyl (C=O) groups excluding carboxylic acids is 3. The highest BCUT2D eigenvalue weighted by Gasteiger charge is 2.12. The molecule has 2 N–H and O–H groups in total. The summed E-state index contributed by atoms with van der Waals surface area (Å²) >= 11 is 1.06. The SMILES string of the molecule is CCNC(=O)NC(=O)COC(=O)CSc1nc2ccccc2o1. The van der Waals surface area contributed by atoms with Gasteiger partial charge >= 0.3 is 12.0 Å². The number of esters is 1. The average Bonchev–Trinajstić information content (AvgIpc) is 2.94. The lowest BCUT2D eigenvalue weighted by Crippen LogP contribution is -2.41. The van der Waals surface area contributed by atoms with Gasteiger partial charge in [0.15, 0.2) is 12.2 Å². The van der Waals surface area contributed by atoms with Crippen molar-refractivity contribution in [1.82, 2.24) is 15.6 Å². The van der Waals surface area contributed by atoms with Gasteiger partial charge in [-0.15, -0.1) is 0 Å². The number of fused-ring (bicyclic) bond motifs is 1. The fourth-order valence-electron chi connectivity index (χ4n) is 1.59. The first kappa shape index (κ1) is 16.8. The molecule has 1 aromatic carbocycles. The number of oxazole rings is 1. The predicted molar refractivity (Wildman–Crippen MR) is 82.9 cm³/mol. The standard InChI is InChI=1S/C14H15N3O5S/c1-2-15-13(20)17-11(18)7-21-12(19)8-23-14-16-9-5-3-4-6-10(9)22-14/h3-6H,2,7-8H2,1H3,(H2,15,17,18,20). The smallest absolute Gasteiger partial charge is 0.321 e. The lowest BCUT2D eigenvalue weighted by molar-refractivity contribution is -0.145. The zero-order valence-electron chi connectivity index (χ0n) is 12.3. The third-order valence-corrected chi connectivity index (χ3v) is 3.34. The van der Waals surface area contributed by atoms with Crippen molar-refractivity contribution in [2.45, 2.75) is 12.1 Å². The van der Waals surface area contributed by atoms with E-state index >= 15 is 0 Å². The van der Waals surface area contributed by atoms with Crippen LogP contribution in [0.3, 0.4) is 0 Å². The molecule has 3 amide bonds. The molecule has 23 heavy (non-hydrogen) atoms. The van der Waals surface area contributed by atoms with Gasteiger partial charge < -0.3 is 14.5 Å². The molecular formula is C14H15N3O5S. The van der Waals surface area contributed by atoms with Gasteiger partial charge in [-0.05, 0) is 19.1 Å². The molecule has 0 unspecified atom stereocenters.